The number of hydrogen-bond acceptors (Lipinski definition) is 4. The molecule has 0 spiro atoms. The van der Waals surface area contributed by atoms with Crippen molar-refractivity contribution in [2.24, 2.45) is 0 Å². The second-order valence-electron chi connectivity index (χ2n) is 3.28. The zero-order valence-electron chi connectivity index (χ0n) is 10.4. The molecule has 0 saturated heterocycles. The molecule has 11 heteroatoms. The van der Waals surface area contributed by atoms with Crippen LogP contribution in [0.2, 0.25) is 0 Å². The van der Waals surface area contributed by atoms with Crippen LogP contribution in [0, 0.1) is 0 Å². The number of carbonyl (C=O) groups excluding carboxylic acids is 2. The molecule has 0 saturated carbocycles. The molecule has 1 radical (unpaired) electrons. The van der Waals surface area contributed by atoms with Gasteiger partial charge in [0.05, 0.1) is 0 Å². The molecule has 127 valence electrons. The Balaban J connectivity index is -0.000000295. The zero-order valence-corrected chi connectivity index (χ0v) is 11.4. The average molecular weight is 372 g/mol. The minimum absolute atomic E-state index is 0. The van der Waals surface area contributed by atoms with E-state index in [4.69, 9.17) is 10.2 Å². The topological polar surface area (TPSA) is 74.6 Å². The Hall–Kier alpha value is -1.48. The van der Waals surface area contributed by atoms with Gasteiger partial charge in [0.2, 0.25) is 11.5 Å². The van der Waals surface area contributed by atoms with Crippen molar-refractivity contribution in [3.63, 3.8) is 0 Å². The molecule has 0 atom stereocenters. The second kappa shape index (κ2) is 9.45. The smallest absolute Gasteiger partial charge is 0.448 e. The third kappa shape index (κ3) is 14.7. The first-order valence-electron chi connectivity index (χ1n) is 4.64. The molecule has 4 nitrogen and oxygen atoms in total. The van der Waals surface area contributed by atoms with Gasteiger partial charge in [-0.2, -0.15) is 26.3 Å². The van der Waals surface area contributed by atoms with E-state index in [1.54, 1.807) is 0 Å². The van der Waals surface area contributed by atoms with Crippen molar-refractivity contribution >= 4 is 11.6 Å². The third-order valence-corrected chi connectivity index (χ3v) is 1.26. The van der Waals surface area contributed by atoms with Crippen LogP contribution in [0.15, 0.2) is 23.7 Å². The van der Waals surface area contributed by atoms with Gasteiger partial charge in [-0.15, -0.1) is 0 Å². The van der Waals surface area contributed by atoms with E-state index in [1.165, 1.54) is 0 Å². The third-order valence-electron chi connectivity index (χ3n) is 1.26. The number of aliphatic hydroxyl groups excluding tert-OH is 2. The van der Waals surface area contributed by atoms with E-state index < -0.39 is 35.4 Å². The van der Waals surface area contributed by atoms with E-state index in [0.717, 1.165) is 13.8 Å². The van der Waals surface area contributed by atoms with Crippen LogP contribution in [0.3, 0.4) is 0 Å². The normalized spacial score (nSPS) is 12.8. The number of alkyl halides is 6. The van der Waals surface area contributed by atoms with E-state index in [-0.39, 0.29) is 29.2 Å². The minimum atomic E-state index is -4.81. The maximum absolute atomic E-state index is 11.3. The van der Waals surface area contributed by atoms with Crippen molar-refractivity contribution in [3.8, 4) is 0 Å². The number of carbonyl (C=O) groups is 2. The molecule has 0 bridgehead atoms. The predicted octanol–water partition coefficient (Wildman–Crippen LogP) is 3.16. The summed E-state index contributed by atoms with van der Waals surface area (Å²) in [5, 5.41) is 16.1. The zero-order chi connectivity index (χ0) is 16.7. The Morgan fingerprint density at radius 3 is 1.00 bits per heavy atom. The molecule has 0 aliphatic heterocycles. The summed E-state index contributed by atoms with van der Waals surface area (Å²) < 4.78 is 68.0. The van der Waals surface area contributed by atoms with Gasteiger partial charge in [0, 0.05) is 29.2 Å². The van der Waals surface area contributed by atoms with Crippen LogP contribution in [-0.4, -0.2) is 34.1 Å². The molecular weight excluding hydrogens is 362 g/mol. The van der Waals surface area contributed by atoms with Crippen LogP contribution < -0.4 is 0 Å². The molecule has 0 aromatic heterocycles. The first kappa shape index (κ1) is 24.5. The van der Waals surface area contributed by atoms with Crippen LogP contribution >= 0.6 is 0 Å². The van der Waals surface area contributed by atoms with Gasteiger partial charge in [0.15, 0.2) is 11.6 Å². The molecule has 0 fully saturated rings. The Labute approximate surface area is 125 Å². The molecule has 0 aliphatic rings. The number of ketones is 2. The van der Waals surface area contributed by atoms with Crippen molar-refractivity contribution in [2.45, 2.75) is 26.2 Å². The van der Waals surface area contributed by atoms with Crippen molar-refractivity contribution in [3.05, 3.63) is 23.7 Å². The van der Waals surface area contributed by atoms with Gasteiger partial charge in [-0.3, -0.25) is 9.59 Å². The van der Waals surface area contributed by atoms with Gasteiger partial charge >= 0.3 is 12.4 Å². The molecule has 0 aromatic rings. The van der Waals surface area contributed by atoms with Crippen molar-refractivity contribution in [1.29, 1.82) is 0 Å². The minimum Gasteiger partial charge on any atom is -0.504 e. The van der Waals surface area contributed by atoms with Gasteiger partial charge in [-0.1, -0.05) is 0 Å². The van der Waals surface area contributed by atoms with Crippen molar-refractivity contribution in [1.82, 2.24) is 0 Å². The summed E-state index contributed by atoms with van der Waals surface area (Å²) in [5.41, 5.74) is 0. The van der Waals surface area contributed by atoms with Gasteiger partial charge < -0.3 is 10.2 Å². The number of rotatable bonds is 2. The monoisotopic (exact) mass is 371 g/mol. The fraction of sp³-hybridized carbons (Fsp3) is 0.400. The molecule has 0 rings (SSSR count). The molecule has 0 aliphatic carbocycles. The first-order chi connectivity index (χ1) is 8.67. The van der Waals surface area contributed by atoms with Crippen molar-refractivity contribution in [2.75, 3.05) is 0 Å². The number of halogens is 6. The number of allylic oxidation sites excluding steroid dienone is 4. The predicted molar refractivity (Wildman–Crippen MR) is 54.9 cm³/mol. The molecule has 2 N–H and O–H groups in total. The Morgan fingerprint density at radius 1 is 0.762 bits per heavy atom. The van der Waals surface area contributed by atoms with Crippen molar-refractivity contribution < 1.29 is 63.2 Å². The average Bonchev–Trinajstić information content (AvgIpc) is 2.13. The Morgan fingerprint density at radius 2 is 0.952 bits per heavy atom. The molecular formula is C10H10CuF6O4. The number of hydrogen-bond donors (Lipinski definition) is 2. The van der Waals surface area contributed by atoms with Gasteiger partial charge in [-0.05, 0) is 13.8 Å². The second-order valence-corrected chi connectivity index (χ2v) is 3.28. The quantitative estimate of drug-likeness (QED) is 0.338. The summed E-state index contributed by atoms with van der Waals surface area (Å²) in [4.78, 5) is 19.9. The van der Waals surface area contributed by atoms with Gasteiger partial charge in [0.25, 0.3) is 0 Å². The van der Waals surface area contributed by atoms with E-state index in [9.17, 15) is 35.9 Å². The van der Waals surface area contributed by atoms with Crippen LogP contribution in [0.25, 0.3) is 0 Å². The van der Waals surface area contributed by atoms with Gasteiger partial charge in [0.1, 0.15) is 0 Å². The summed E-state index contributed by atoms with van der Waals surface area (Å²) >= 11 is 0. The maximum Gasteiger partial charge on any atom is 0.448 e. The Bertz CT molecular complexity index is 382. The standard InChI is InChI=1S/2C5H5F3O2.Cu/c2*1-3(9)2-4(10)5(6,7)8;/h2*2,10H,1H3;/b2*4-2-;. The fourth-order valence-electron chi connectivity index (χ4n) is 0.549. The fourth-order valence-corrected chi connectivity index (χ4v) is 0.549. The van der Waals surface area contributed by atoms with E-state index >= 15 is 0 Å². The summed E-state index contributed by atoms with van der Waals surface area (Å²) in [6.07, 6.45) is -9.38. The number of aliphatic hydroxyl groups is 2. The van der Waals surface area contributed by atoms with Crippen LogP contribution in [-0.2, 0) is 26.7 Å². The Kier molecular flexibility index (Phi) is 11.0. The largest absolute Gasteiger partial charge is 0.504 e. The van der Waals surface area contributed by atoms with Crippen LogP contribution in [0.1, 0.15) is 13.8 Å². The van der Waals surface area contributed by atoms with Gasteiger partial charge in [-0.25, -0.2) is 0 Å². The van der Waals surface area contributed by atoms with E-state index in [0.29, 0.717) is 0 Å². The molecule has 0 aromatic carbocycles. The summed E-state index contributed by atoms with van der Waals surface area (Å²) in [5.74, 6) is -5.40. The molecule has 21 heavy (non-hydrogen) atoms. The summed E-state index contributed by atoms with van der Waals surface area (Å²) in [6.45, 7) is 1.84. The van der Waals surface area contributed by atoms with E-state index in [2.05, 4.69) is 0 Å². The molecule has 0 heterocycles. The van der Waals surface area contributed by atoms with E-state index in [1.807, 2.05) is 0 Å². The molecule has 0 amide bonds. The SMILES string of the molecule is CC(=O)/C=C(\O)C(F)(F)F.CC(=O)/C=C(\O)C(F)(F)F.[Cu]. The maximum atomic E-state index is 11.3. The summed E-state index contributed by atoms with van der Waals surface area (Å²) in [7, 11) is 0. The van der Waals surface area contributed by atoms with Crippen LogP contribution in [0.5, 0.6) is 0 Å². The summed E-state index contributed by atoms with van der Waals surface area (Å²) in [6, 6.07) is 0. The molecule has 0 unspecified atom stereocenters. The van der Waals surface area contributed by atoms with Crippen LogP contribution in [0.4, 0.5) is 26.3 Å². The first-order valence-corrected chi connectivity index (χ1v) is 4.64.